The number of carboxylic acid groups (broad SMARTS) is 1. The number of phenolic OH excluding ortho intramolecular Hbond substituents is 3. The van der Waals surface area contributed by atoms with Gasteiger partial charge in [-0.25, -0.2) is 14.5 Å². The molecule has 1 aromatic heterocycles. The molecule has 4 aromatic rings. The fraction of sp³-hybridized carbons (Fsp3) is 0. The van der Waals surface area contributed by atoms with Crippen LogP contribution < -0.4 is 0 Å². The van der Waals surface area contributed by atoms with Crippen LogP contribution in [0.25, 0.3) is 28.5 Å². The third kappa shape index (κ3) is 3.23. The lowest BCUT2D eigenvalue weighted by atomic mass is 10.1. The van der Waals surface area contributed by atoms with Crippen LogP contribution in [0.1, 0.15) is 10.4 Å². The summed E-state index contributed by atoms with van der Waals surface area (Å²) in [5.74, 6) is -1.34. The molecule has 29 heavy (non-hydrogen) atoms. The molecule has 144 valence electrons. The lowest BCUT2D eigenvalue weighted by Gasteiger charge is -2.07. The molecule has 0 bridgehead atoms. The van der Waals surface area contributed by atoms with Gasteiger partial charge in [0.05, 0.1) is 22.4 Å². The molecule has 0 radical (unpaired) electrons. The lowest BCUT2D eigenvalue weighted by Crippen LogP contribution is -2.02. The van der Waals surface area contributed by atoms with Crippen molar-refractivity contribution in [1.29, 1.82) is 0 Å². The molecule has 0 amide bonds. The molecule has 4 rings (SSSR count). The van der Waals surface area contributed by atoms with Gasteiger partial charge in [-0.15, -0.1) is 5.10 Å². The Bertz CT molecular complexity index is 1220. The van der Waals surface area contributed by atoms with Gasteiger partial charge >= 0.3 is 5.97 Å². The van der Waals surface area contributed by atoms with Crippen molar-refractivity contribution < 1.29 is 25.2 Å². The maximum Gasteiger partial charge on any atom is 0.335 e. The van der Waals surface area contributed by atoms with Crippen molar-refractivity contribution in [2.24, 2.45) is 0 Å². The number of carboxylic acids is 1. The summed E-state index contributed by atoms with van der Waals surface area (Å²) in [6.45, 7) is 0. The standard InChI is InChI=1S/C21H15N3O5/c25-16-6-2-1-4-14(16)20-22-19(15-5-3-7-17(26)18(15)27)23-24(20)13-10-8-12(9-11-13)21(28)29/h1-11,25-27H,(H,28,29). The summed E-state index contributed by atoms with van der Waals surface area (Å²) in [6.07, 6.45) is 0. The number of hydrogen-bond acceptors (Lipinski definition) is 6. The highest BCUT2D eigenvalue weighted by atomic mass is 16.4. The maximum atomic E-state index is 11.1. The molecule has 0 aliphatic carbocycles. The van der Waals surface area contributed by atoms with E-state index in [9.17, 15) is 20.1 Å². The van der Waals surface area contributed by atoms with Gasteiger partial charge in [-0.2, -0.15) is 0 Å². The van der Waals surface area contributed by atoms with Crippen molar-refractivity contribution in [3.8, 4) is 45.7 Å². The van der Waals surface area contributed by atoms with Crippen LogP contribution in [-0.2, 0) is 0 Å². The number of aromatic hydroxyl groups is 3. The summed E-state index contributed by atoms with van der Waals surface area (Å²) < 4.78 is 1.43. The molecule has 3 aromatic carbocycles. The predicted octanol–water partition coefficient (Wildman–Crippen LogP) is 3.42. The molecule has 0 unspecified atom stereocenters. The molecule has 0 spiro atoms. The summed E-state index contributed by atoms with van der Waals surface area (Å²) in [5, 5.41) is 43.8. The zero-order chi connectivity index (χ0) is 20.5. The van der Waals surface area contributed by atoms with E-state index in [1.165, 1.54) is 28.9 Å². The van der Waals surface area contributed by atoms with Crippen LogP contribution in [0.5, 0.6) is 17.2 Å². The monoisotopic (exact) mass is 389 g/mol. The first-order chi connectivity index (χ1) is 14.0. The molecule has 0 atom stereocenters. The topological polar surface area (TPSA) is 129 Å². The second-order valence-electron chi connectivity index (χ2n) is 6.21. The van der Waals surface area contributed by atoms with Gasteiger partial charge in [0, 0.05) is 0 Å². The number of phenols is 3. The van der Waals surface area contributed by atoms with Crippen LogP contribution in [0, 0.1) is 0 Å². The average molecular weight is 389 g/mol. The quantitative estimate of drug-likeness (QED) is 0.394. The number of aromatic nitrogens is 3. The second-order valence-corrected chi connectivity index (χ2v) is 6.21. The molecule has 8 heteroatoms. The summed E-state index contributed by atoms with van der Waals surface area (Å²) in [5.41, 5.74) is 1.23. The van der Waals surface area contributed by atoms with Crippen molar-refractivity contribution in [2.75, 3.05) is 0 Å². The number of carbonyl (C=O) groups is 1. The van der Waals surface area contributed by atoms with Gasteiger partial charge in [0.25, 0.3) is 0 Å². The van der Waals surface area contributed by atoms with Crippen molar-refractivity contribution in [3.63, 3.8) is 0 Å². The van der Waals surface area contributed by atoms with Gasteiger partial charge in [0.2, 0.25) is 0 Å². The summed E-state index contributed by atoms with van der Waals surface area (Å²) in [4.78, 5) is 15.6. The zero-order valence-electron chi connectivity index (χ0n) is 14.9. The Hall–Kier alpha value is -4.33. The second kappa shape index (κ2) is 7.01. The van der Waals surface area contributed by atoms with Crippen LogP contribution in [-0.4, -0.2) is 41.2 Å². The van der Waals surface area contributed by atoms with Gasteiger partial charge in [0.15, 0.2) is 23.1 Å². The Morgan fingerprint density at radius 2 is 1.45 bits per heavy atom. The highest BCUT2D eigenvalue weighted by Crippen LogP contribution is 2.37. The Morgan fingerprint density at radius 3 is 2.14 bits per heavy atom. The normalized spacial score (nSPS) is 10.8. The largest absolute Gasteiger partial charge is 0.507 e. The number of rotatable bonds is 4. The van der Waals surface area contributed by atoms with Crippen LogP contribution in [0.4, 0.5) is 0 Å². The lowest BCUT2D eigenvalue weighted by molar-refractivity contribution is 0.0697. The first-order valence-electron chi connectivity index (χ1n) is 8.56. The molecule has 8 nitrogen and oxygen atoms in total. The van der Waals surface area contributed by atoms with E-state index in [0.717, 1.165) is 0 Å². The van der Waals surface area contributed by atoms with Crippen LogP contribution >= 0.6 is 0 Å². The van der Waals surface area contributed by atoms with E-state index in [2.05, 4.69) is 10.1 Å². The molecule has 1 heterocycles. The maximum absolute atomic E-state index is 11.1. The SMILES string of the molecule is O=C(O)c1ccc(-n2nc(-c3cccc(O)c3O)nc2-c2ccccc2O)cc1. The van der Waals surface area contributed by atoms with E-state index in [4.69, 9.17) is 5.11 Å². The fourth-order valence-corrected chi connectivity index (χ4v) is 2.90. The van der Waals surface area contributed by atoms with Gasteiger partial charge in [-0.05, 0) is 48.5 Å². The third-order valence-corrected chi connectivity index (χ3v) is 4.37. The van der Waals surface area contributed by atoms with Crippen LogP contribution in [0.2, 0.25) is 0 Å². The minimum Gasteiger partial charge on any atom is -0.507 e. The van der Waals surface area contributed by atoms with E-state index < -0.39 is 5.97 Å². The van der Waals surface area contributed by atoms with E-state index in [1.54, 1.807) is 42.5 Å². The third-order valence-electron chi connectivity index (χ3n) is 4.37. The Balaban J connectivity index is 1.93. The Labute approximate surface area is 164 Å². The summed E-state index contributed by atoms with van der Waals surface area (Å²) >= 11 is 0. The van der Waals surface area contributed by atoms with E-state index in [-0.39, 0.29) is 40.0 Å². The zero-order valence-corrected chi connectivity index (χ0v) is 14.9. The molecule has 0 saturated heterocycles. The summed E-state index contributed by atoms with van der Waals surface area (Å²) in [7, 11) is 0. The number of para-hydroxylation sites is 2. The van der Waals surface area contributed by atoms with Gasteiger partial charge in [-0.1, -0.05) is 18.2 Å². The first kappa shape index (κ1) is 18.1. The molecule has 0 saturated carbocycles. The molecular formula is C21H15N3O5. The van der Waals surface area contributed by atoms with Crippen molar-refractivity contribution in [2.45, 2.75) is 0 Å². The van der Waals surface area contributed by atoms with Crippen molar-refractivity contribution >= 4 is 5.97 Å². The van der Waals surface area contributed by atoms with Crippen molar-refractivity contribution in [1.82, 2.24) is 14.8 Å². The predicted molar refractivity (Wildman–Crippen MR) is 104 cm³/mol. The van der Waals surface area contributed by atoms with Crippen LogP contribution in [0.3, 0.4) is 0 Å². The van der Waals surface area contributed by atoms with E-state index in [1.807, 2.05) is 0 Å². The fourth-order valence-electron chi connectivity index (χ4n) is 2.90. The number of benzene rings is 3. The Morgan fingerprint density at radius 1 is 0.793 bits per heavy atom. The molecule has 0 aliphatic rings. The number of nitrogens with zero attached hydrogens (tertiary/aromatic N) is 3. The van der Waals surface area contributed by atoms with Gasteiger partial charge in [-0.3, -0.25) is 0 Å². The average Bonchev–Trinajstić information content (AvgIpc) is 3.15. The first-order valence-corrected chi connectivity index (χ1v) is 8.56. The van der Waals surface area contributed by atoms with Crippen LogP contribution in [0.15, 0.2) is 66.7 Å². The molecule has 0 aliphatic heterocycles. The molecule has 4 N–H and O–H groups in total. The van der Waals surface area contributed by atoms with Crippen molar-refractivity contribution in [3.05, 3.63) is 72.3 Å². The highest BCUT2D eigenvalue weighted by Gasteiger charge is 2.20. The number of aromatic carboxylic acids is 1. The number of hydrogen-bond donors (Lipinski definition) is 4. The van der Waals surface area contributed by atoms with Gasteiger partial charge in [0.1, 0.15) is 5.75 Å². The smallest absolute Gasteiger partial charge is 0.335 e. The highest BCUT2D eigenvalue weighted by molar-refractivity contribution is 5.87. The molecular weight excluding hydrogens is 374 g/mol. The summed E-state index contributed by atoms with van der Waals surface area (Å²) in [6, 6.07) is 17.0. The van der Waals surface area contributed by atoms with E-state index >= 15 is 0 Å². The minimum atomic E-state index is -1.05. The molecule has 0 fully saturated rings. The van der Waals surface area contributed by atoms with E-state index in [0.29, 0.717) is 11.3 Å². The Kier molecular flexibility index (Phi) is 4.36. The van der Waals surface area contributed by atoms with Gasteiger partial charge < -0.3 is 20.4 Å². The minimum absolute atomic E-state index is 0.0185.